The van der Waals surface area contributed by atoms with E-state index in [1.807, 2.05) is 0 Å². The molecule has 29 heavy (non-hydrogen) atoms. The van der Waals surface area contributed by atoms with Gasteiger partial charge in [-0.05, 0) is 53.0 Å². The highest BCUT2D eigenvalue weighted by atomic mass is 35.5. The second-order valence-electron chi connectivity index (χ2n) is 5.81. The third-order valence-corrected chi connectivity index (χ3v) is 3.91. The summed E-state index contributed by atoms with van der Waals surface area (Å²) in [5, 5.41) is 24.8. The fraction of sp³-hybridized carbons (Fsp3) is 0.174. The maximum Gasteiger partial charge on any atom is 0.335 e. The van der Waals surface area contributed by atoms with Crippen molar-refractivity contribution < 1.29 is 28.7 Å². The molecule has 0 saturated heterocycles. The van der Waals surface area contributed by atoms with Crippen LogP contribution in [0.3, 0.4) is 0 Å². The SMILES string of the molecule is [2H]c1c([2H])c(C(=O)O)c([2H])c(-c2cccc(NC([2H])([2H])CNC[C@H](O)c3c([2H])c([2H])c([2H])c(Cl)c3[2H])c2)c1[2H]. The predicted molar refractivity (Wildman–Crippen MR) is 117 cm³/mol. The number of halogens is 1. The van der Waals surface area contributed by atoms with Crippen LogP contribution < -0.4 is 10.6 Å². The molecule has 3 aromatic carbocycles. The Morgan fingerprint density at radius 2 is 2.00 bits per heavy atom. The number of aromatic carboxylic acids is 1. The number of hydrogen-bond donors (Lipinski definition) is 4. The summed E-state index contributed by atoms with van der Waals surface area (Å²) in [6.07, 6.45) is -1.49. The lowest BCUT2D eigenvalue weighted by Gasteiger charge is -2.13. The van der Waals surface area contributed by atoms with E-state index in [9.17, 15) is 15.0 Å². The number of aliphatic hydroxyl groups excluding tert-OH is 1. The number of hydrogen-bond acceptors (Lipinski definition) is 4. The van der Waals surface area contributed by atoms with E-state index in [2.05, 4.69) is 10.6 Å². The second kappa shape index (κ2) is 10.1. The van der Waals surface area contributed by atoms with Gasteiger partial charge in [-0.15, -0.1) is 0 Å². The van der Waals surface area contributed by atoms with Crippen molar-refractivity contribution in [1.29, 1.82) is 0 Å². The van der Waals surface area contributed by atoms with Gasteiger partial charge in [0.1, 0.15) is 0 Å². The standard InChI is InChI=1S/C23H23ClN2O3/c24-20-8-2-6-18(13-20)22(27)15-25-10-11-26-21-9-3-5-17(14-21)16-4-1-7-19(12-16)23(28)29/h1-9,12-14,22,25-27H,10-11,15H2,(H,28,29)/t22-/m0/s1/i1D,2D,4D,6D,7D,8D,11D2,12D,13D. The van der Waals surface area contributed by atoms with Crippen molar-refractivity contribution in [1.82, 2.24) is 5.32 Å². The summed E-state index contributed by atoms with van der Waals surface area (Å²) in [6.45, 7) is -2.82. The number of nitrogens with one attached hydrogen (secondary N) is 2. The molecule has 150 valence electrons. The Bertz CT molecular complexity index is 1430. The van der Waals surface area contributed by atoms with Crippen LogP contribution in [0.15, 0.2) is 72.6 Å². The fourth-order valence-corrected chi connectivity index (χ4v) is 2.52. The zero-order chi connectivity index (χ0) is 29.4. The van der Waals surface area contributed by atoms with Crippen molar-refractivity contribution in [2.24, 2.45) is 0 Å². The number of rotatable bonds is 9. The van der Waals surface area contributed by atoms with E-state index in [0.29, 0.717) is 0 Å². The zero-order valence-electron chi connectivity index (χ0n) is 25.0. The molecule has 3 rings (SSSR count). The van der Waals surface area contributed by atoms with Crippen molar-refractivity contribution in [3.05, 3.63) is 88.8 Å². The number of benzene rings is 3. The molecule has 5 nitrogen and oxygen atoms in total. The maximum absolute atomic E-state index is 11.6. The molecule has 0 aliphatic carbocycles. The van der Waals surface area contributed by atoms with Crippen molar-refractivity contribution >= 4 is 23.3 Å². The van der Waals surface area contributed by atoms with E-state index >= 15 is 0 Å². The Kier molecular flexibility index (Phi) is 3.94. The first-order chi connectivity index (χ1) is 18.1. The second-order valence-corrected chi connectivity index (χ2v) is 6.19. The van der Waals surface area contributed by atoms with Crippen molar-refractivity contribution in [2.45, 2.75) is 6.10 Å². The Hall–Kier alpha value is -2.86. The highest BCUT2D eigenvalue weighted by molar-refractivity contribution is 6.30. The molecule has 0 unspecified atom stereocenters. The molecule has 0 bridgehead atoms. The summed E-state index contributed by atoms with van der Waals surface area (Å²) in [4.78, 5) is 11.6. The minimum atomic E-state index is -2.14. The number of aliphatic hydroxyl groups is 1. The van der Waals surface area contributed by atoms with Crippen molar-refractivity contribution in [3.8, 4) is 11.1 Å². The summed E-state index contributed by atoms with van der Waals surface area (Å²) < 4.78 is 80.0. The molecule has 0 fully saturated rings. The van der Waals surface area contributed by atoms with Crippen LogP contribution in [0.5, 0.6) is 0 Å². The van der Waals surface area contributed by atoms with Crippen LogP contribution in [0.1, 0.15) is 35.7 Å². The van der Waals surface area contributed by atoms with Crippen molar-refractivity contribution in [3.63, 3.8) is 0 Å². The minimum absolute atomic E-state index is 0.164. The zero-order valence-corrected chi connectivity index (χ0v) is 15.7. The minimum Gasteiger partial charge on any atom is -0.478 e. The summed E-state index contributed by atoms with van der Waals surface area (Å²) >= 11 is 5.87. The van der Waals surface area contributed by atoms with Crippen LogP contribution in [-0.4, -0.2) is 35.8 Å². The monoisotopic (exact) mass is 420 g/mol. The van der Waals surface area contributed by atoms with Gasteiger partial charge in [-0.3, -0.25) is 0 Å². The fourth-order valence-electron chi connectivity index (χ4n) is 2.37. The number of carboxylic acids is 1. The molecule has 0 spiro atoms. The first-order valence-corrected chi connectivity index (χ1v) is 8.83. The van der Waals surface area contributed by atoms with Gasteiger partial charge in [0.15, 0.2) is 0 Å². The van der Waals surface area contributed by atoms with Crippen LogP contribution in [0.2, 0.25) is 5.02 Å². The lowest BCUT2D eigenvalue weighted by Crippen LogP contribution is -2.26. The van der Waals surface area contributed by atoms with Crippen LogP contribution in [0.4, 0.5) is 5.69 Å². The van der Waals surface area contributed by atoms with E-state index in [1.165, 1.54) is 24.3 Å². The van der Waals surface area contributed by atoms with Crippen LogP contribution in [-0.2, 0) is 0 Å². The Balaban J connectivity index is 1.79. The van der Waals surface area contributed by atoms with Crippen molar-refractivity contribution in [2.75, 3.05) is 24.9 Å². The first kappa shape index (κ1) is 11.4. The lowest BCUT2D eigenvalue weighted by atomic mass is 10.0. The van der Waals surface area contributed by atoms with Gasteiger partial charge in [0.2, 0.25) is 0 Å². The summed E-state index contributed by atoms with van der Waals surface area (Å²) in [6, 6.07) is 1.25. The largest absolute Gasteiger partial charge is 0.478 e. The number of carboxylic acid groups (broad SMARTS) is 1. The topological polar surface area (TPSA) is 81.6 Å². The molecule has 0 aliphatic heterocycles. The molecule has 4 N–H and O–H groups in total. The molecule has 0 radical (unpaired) electrons. The first-order valence-electron chi connectivity index (χ1n) is 13.5. The lowest BCUT2D eigenvalue weighted by molar-refractivity contribution is 0.0697. The van der Waals surface area contributed by atoms with Crippen LogP contribution in [0, 0.1) is 0 Å². The molecular formula is C23H23ClN2O3. The molecule has 0 aromatic heterocycles. The summed E-state index contributed by atoms with van der Waals surface area (Å²) in [5.41, 5.74) is -0.819. The van der Waals surface area contributed by atoms with Gasteiger partial charge in [0, 0.05) is 30.3 Å². The molecule has 6 heteroatoms. The quantitative estimate of drug-likeness (QED) is 0.411. The summed E-state index contributed by atoms with van der Waals surface area (Å²) in [5.74, 6) is -1.58. The van der Waals surface area contributed by atoms with E-state index in [0.717, 1.165) is 0 Å². The molecule has 0 aliphatic rings. The van der Waals surface area contributed by atoms with Gasteiger partial charge in [-0.2, -0.15) is 0 Å². The predicted octanol–water partition coefficient (Wildman–Crippen LogP) is 4.44. The van der Waals surface area contributed by atoms with Gasteiger partial charge in [-0.1, -0.05) is 47.9 Å². The normalized spacial score (nSPS) is 17.2. The third kappa shape index (κ3) is 6.06. The van der Waals surface area contributed by atoms with E-state index < -0.39 is 72.5 Å². The number of anilines is 1. The molecule has 3 aromatic rings. The molecular weight excluding hydrogens is 388 g/mol. The Labute approximate surface area is 189 Å². The Morgan fingerprint density at radius 1 is 1.17 bits per heavy atom. The van der Waals surface area contributed by atoms with Gasteiger partial charge in [-0.25, -0.2) is 4.79 Å². The highest BCUT2D eigenvalue weighted by Crippen LogP contribution is 2.23. The highest BCUT2D eigenvalue weighted by Gasteiger charge is 2.07. The smallest absolute Gasteiger partial charge is 0.335 e. The third-order valence-electron chi connectivity index (χ3n) is 3.72. The number of carbonyl (C=O) groups is 1. The van der Waals surface area contributed by atoms with E-state index in [-0.39, 0.29) is 40.5 Å². The summed E-state index contributed by atoms with van der Waals surface area (Å²) in [7, 11) is 0. The molecule has 1 atom stereocenters. The molecule has 0 heterocycles. The van der Waals surface area contributed by atoms with Gasteiger partial charge < -0.3 is 20.8 Å². The maximum atomic E-state index is 11.6. The van der Waals surface area contributed by atoms with E-state index in [1.54, 1.807) is 0 Å². The average molecular weight is 421 g/mol. The van der Waals surface area contributed by atoms with Crippen LogP contribution in [0.25, 0.3) is 11.1 Å². The molecule has 0 saturated carbocycles. The van der Waals surface area contributed by atoms with Gasteiger partial charge in [0.25, 0.3) is 0 Å². The Morgan fingerprint density at radius 3 is 2.83 bits per heavy atom. The van der Waals surface area contributed by atoms with Crippen LogP contribution >= 0.6 is 11.6 Å². The molecule has 0 amide bonds. The van der Waals surface area contributed by atoms with E-state index in [4.69, 9.17) is 25.3 Å². The van der Waals surface area contributed by atoms with Gasteiger partial charge >= 0.3 is 5.97 Å². The van der Waals surface area contributed by atoms with Gasteiger partial charge in [0.05, 0.1) is 25.4 Å². The average Bonchev–Trinajstić information content (AvgIpc) is 2.85.